The number of carboxylic acid groups (broad SMARTS) is 1. The second-order valence-electron chi connectivity index (χ2n) is 6.34. The van der Waals surface area contributed by atoms with Crippen LogP contribution in [0.4, 0.5) is 5.69 Å². The van der Waals surface area contributed by atoms with Gasteiger partial charge in [-0.15, -0.1) is 23.2 Å². The zero-order valence-corrected chi connectivity index (χ0v) is 20.2. The van der Waals surface area contributed by atoms with Crippen molar-refractivity contribution in [1.82, 2.24) is 0 Å². The Morgan fingerprint density at radius 1 is 1.14 bits per heavy atom. The summed E-state index contributed by atoms with van der Waals surface area (Å²) in [5.74, 6) is -0.828. The van der Waals surface area contributed by atoms with Crippen molar-refractivity contribution in [2.45, 2.75) is 19.4 Å². The van der Waals surface area contributed by atoms with Gasteiger partial charge in [0.25, 0.3) is 0 Å². The van der Waals surface area contributed by atoms with Crippen LogP contribution in [0.2, 0.25) is 0 Å². The van der Waals surface area contributed by atoms with E-state index >= 15 is 0 Å². The van der Waals surface area contributed by atoms with Gasteiger partial charge in [-0.05, 0) is 35.6 Å². The fraction of sp³-hybridized carbons (Fsp3) is 0.333. The predicted octanol–water partition coefficient (Wildman–Crippen LogP) is 0.0858. The van der Waals surface area contributed by atoms with Gasteiger partial charge < -0.3 is 15.1 Å². The van der Waals surface area contributed by atoms with Gasteiger partial charge in [-0.3, -0.25) is 4.99 Å². The van der Waals surface area contributed by atoms with Crippen LogP contribution in [0.3, 0.4) is 0 Å². The Morgan fingerprint density at radius 2 is 1.76 bits per heavy atom. The first kappa shape index (κ1) is 25.8. The molecule has 0 saturated carbocycles. The van der Waals surface area contributed by atoms with E-state index in [-0.39, 0.29) is 36.0 Å². The Labute approximate surface area is 203 Å². The SMILES string of the molecule is Cc1ccc(C([O-])=NC(Cc2ccccc2)C(=O)O)cc1N(CCCl)CCCl.[Na+]. The molecule has 0 saturated heterocycles. The number of carbonyl (C=O) groups is 1. The summed E-state index contributed by atoms with van der Waals surface area (Å²) in [6, 6.07) is 13.2. The summed E-state index contributed by atoms with van der Waals surface area (Å²) in [4.78, 5) is 17.5. The number of hydrogen-bond donors (Lipinski definition) is 1. The molecule has 2 aromatic rings. The second-order valence-corrected chi connectivity index (χ2v) is 7.10. The average Bonchev–Trinajstić information content (AvgIpc) is 2.68. The number of benzene rings is 2. The Kier molecular flexibility index (Phi) is 11.7. The molecule has 1 atom stereocenters. The van der Waals surface area contributed by atoms with Crippen LogP contribution >= 0.6 is 23.2 Å². The number of aliphatic carboxylic acids is 1. The van der Waals surface area contributed by atoms with Gasteiger partial charge in [0.15, 0.2) is 6.04 Å². The molecule has 0 fully saturated rings. The quantitative estimate of drug-likeness (QED) is 0.244. The number of carboxylic acids is 1. The fourth-order valence-electron chi connectivity index (χ4n) is 2.88. The topological polar surface area (TPSA) is 76.0 Å². The molecule has 150 valence electrons. The molecule has 0 aliphatic heterocycles. The van der Waals surface area contributed by atoms with Crippen molar-refractivity contribution in [3.05, 3.63) is 65.2 Å². The first-order valence-electron chi connectivity index (χ1n) is 8.95. The summed E-state index contributed by atoms with van der Waals surface area (Å²) in [6.45, 7) is 3.12. The molecule has 0 aliphatic rings. The third kappa shape index (κ3) is 7.83. The fourth-order valence-corrected chi connectivity index (χ4v) is 3.29. The Hall–Kier alpha value is -1.24. The summed E-state index contributed by atoms with van der Waals surface area (Å²) < 4.78 is 0. The summed E-state index contributed by atoms with van der Waals surface area (Å²) in [5.41, 5.74) is 2.98. The van der Waals surface area contributed by atoms with Crippen LogP contribution in [0.5, 0.6) is 0 Å². The smallest absolute Gasteiger partial charge is 0.858 e. The van der Waals surface area contributed by atoms with Crippen LogP contribution in [0.25, 0.3) is 0 Å². The summed E-state index contributed by atoms with van der Waals surface area (Å²) >= 11 is 11.8. The molecule has 0 spiro atoms. The van der Waals surface area contributed by atoms with Crippen LogP contribution in [-0.2, 0) is 11.2 Å². The molecule has 0 aromatic heterocycles. The Bertz CT molecular complexity index is 813. The van der Waals surface area contributed by atoms with Gasteiger partial charge in [-0.25, -0.2) is 4.79 Å². The maximum absolute atomic E-state index is 12.7. The summed E-state index contributed by atoms with van der Waals surface area (Å²) in [7, 11) is 0. The second kappa shape index (κ2) is 13.1. The van der Waals surface area contributed by atoms with Crippen molar-refractivity contribution < 1.29 is 44.6 Å². The zero-order valence-electron chi connectivity index (χ0n) is 16.6. The minimum Gasteiger partial charge on any atom is -0.858 e. The van der Waals surface area contributed by atoms with Crippen LogP contribution in [0.1, 0.15) is 16.7 Å². The molecular formula is C21H23Cl2N2NaO3. The van der Waals surface area contributed by atoms with E-state index in [1.165, 1.54) is 0 Å². The molecule has 0 bridgehead atoms. The standard InChI is InChI=1S/C21H24Cl2N2O3.Na/c1-15-7-8-17(14-19(15)25(11-9-22)12-10-23)20(26)24-18(21(27)28)13-16-5-3-2-4-6-16;/h2-8,14,18H,9-13H2,1H3,(H,24,26)(H,27,28);/q;+1/p-1. The van der Waals surface area contributed by atoms with Gasteiger partial charge in [0.05, 0.1) is 0 Å². The summed E-state index contributed by atoms with van der Waals surface area (Å²) in [5, 5.41) is 22.1. The third-order valence-electron chi connectivity index (χ3n) is 4.34. The number of anilines is 1. The van der Waals surface area contributed by atoms with Crippen LogP contribution < -0.4 is 39.6 Å². The van der Waals surface area contributed by atoms with Crippen LogP contribution in [0, 0.1) is 6.92 Å². The van der Waals surface area contributed by atoms with E-state index in [0.717, 1.165) is 16.8 Å². The van der Waals surface area contributed by atoms with Crippen molar-refractivity contribution in [3.8, 4) is 0 Å². The van der Waals surface area contributed by atoms with E-state index in [9.17, 15) is 15.0 Å². The van der Waals surface area contributed by atoms with Gasteiger partial charge in [0.1, 0.15) is 0 Å². The molecule has 1 unspecified atom stereocenters. The molecule has 2 aromatic carbocycles. The van der Waals surface area contributed by atoms with E-state index in [1.807, 2.05) is 48.2 Å². The van der Waals surface area contributed by atoms with Crippen molar-refractivity contribution in [2.75, 3.05) is 29.7 Å². The Balaban J connectivity index is 0.00000420. The van der Waals surface area contributed by atoms with E-state index < -0.39 is 17.9 Å². The monoisotopic (exact) mass is 444 g/mol. The largest absolute Gasteiger partial charge is 1.00 e. The predicted molar refractivity (Wildman–Crippen MR) is 113 cm³/mol. The van der Waals surface area contributed by atoms with Crippen molar-refractivity contribution >= 4 is 40.8 Å². The Morgan fingerprint density at radius 3 is 2.31 bits per heavy atom. The molecule has 2 rings (SSSR count). The third-order valence-corrected chi connectivity index (χ3v) is 4.67. The minimum atomic E-state index is -1.14. The maximum atomic E-state index is 12.7. The molecular weight excluding hydrogens is 422 g/mol. The van der Waals surface area contributed by atoms with E-state index in [1.54, 1.807) is 12.1 Å². The van der Waals surface area contributed by atoms with E-state index in [0.29, 0.717) is 30.4 Å². The molecule has 1 N–H and O–H groups in total. The van der Waals surface area contributed by atoms with E-state index in [2.05, 4.69) is 4.99 Å². The number of aliphatic imine (C=N–C) groups is 1. The molecule has 0 heterocycles. The van der Waals surface area contributed by atoms with Gasteiger partial charge in [-0.2, -0.15) is 0 Å². The van der Waals surface area contributed by atoms with Gasteiger partial charge in [0.2, 0.25) is 0 Å². The molecule has 29 heavy (non-hydrogen) atoms. The van der Waals surface area contributed by atoms with Crippen molar-refractivity contribution in [2.24, 2.45) is 4.99 Å². The number of halogens is 2. The van der Waals surface area contributed by atoms with Gasteiger partial charge in [0, 0.05) is 37.0 Å². The molecule has 0 amide bonds. The van der Waals surface area contributed by atoms with Gasteiger partial charge >= 0.3 is 35.5 Å². The average molecular weight is 445 g/mol. The maximum Gasteiger partial charge on any atom is 1.00 e. The zero-order chi connectivity index (χ0) is 20.5. The normalized spacial score (nSPS) is 12.2. The number of hydrogen-bond acceptors (Lipinski definition) is 4. The summed E-state index contributed by atoms with van der Waals surface area (Å²) in [6.07, 6.45) is 0.158. The van der Waals surface area contributed by atoms with Crippen molar-refractivity contribution in [3.63, 3.8) is 0 Å². The molecule has 0 aliphatic carbocycles. The number of aryl methyl sites for hydroxylation is 1. The minimum absolute atomic E-state index is 0. The first-order valence-corrected chi connectivity index (χ1v) is 10.0. The van der Waals surface area contributed by atoms with E-state index in [4.69, 9.17) is 23.2 Å². The molecule has 5 nitrogen and oxygen atoms in total. The molecule has 8 heteroatoms. The first-order chi connectivity index (χ1) is 13.5. The van der Waals surface area contributed by atoms with Gasteiger partial charge in [-0.1, -0.05) is 42.5 Å². The number of rotatable bonds is 10. The van der Waals surface area contributed by atoms with Crippen LogP contribution in [0.15, 0.2) is 53.5 Å². The number of alkyl halides is 2. The van der Waals surface area contributed by atoms with Crippen molar-refractivity contribution in [1.29, 1.82) is 0 Å². The molecule has 0 radical (unpaired) electrons. The number of nitrogens with zero attached hydrogens (tertiary/aromatic N) is 2. The van der Waals surface area contributed by atoms with Crippen LogP contribution in [-0.4, -0.2) is 47.9 Å².